The van der Waals surface area contributed by atoms with Gasteiger partial charge in [0.15, 0.2) is 0 Å². The molecule has 1 aliphatic rings. The lowest BCUT2D eigenvalue weighted by atomic mass is 10.1. The van der Waals surface area contributed by atoms with Crippen LogP contribution in [0.1, 0.15) is 19.8 Å². The number of aliphatic hydroxyl groups excluding tert-OH is 1. The summed E-state index contributed by atoms with van der Waals surface area (Å²) in [5.74, 6) is -1.45. The highest BCUT2D eigenvalue weighted by Crippen LogP contribution is 2.47. The van der Waals surface area contributed by atoms with Crippen molar-refractivity contribution in [1.29, 1.82) is 0 Å². The molecule has 0 aromatic rings. The Morgan fingerprint density at radius 1 is 1.50 bits per heavy atom. The van der Waals surface area contributed by atoms with Crippen LogP contribution in [0.4, 0.5) is 0 Å². The maximum absolute atomic E-state index is 11.6. The fourth-order valence-electron chi connectivity index (χ4n) is 1.49. The van der Waals surface area contributed by atoms with E-state index in [0.717, 1.165) is 0 Å². The van der Waals surface area contributed by atoms with Gasteiger partial charge in [0.25, 0.3) is 0 Å². The van der Waals surface area contributed by atoms with E-state index in [-0.39, 0.29) is 6.54 Å². The number of nitrogens with zero attached hydrogens (tertiary/aromatic N) is 1. The third kappa shape index (κ3) is 1.87. The third-order valence-electron chi connectivity index (χ3n) is 2.45. The molecule has 14 heavy (non-hydrogen) atoms. The largest absolute Gasteiger partial charge is 0.480 e. The van der Waals surface area contributed by atoms with E-state index in [1.165, 1.54) is 11.9 Å². The van der Waals surface area contributed by atoms with Gasteiger partial charge < -0.3 is 15.1 Å². The van der Waals surface area contributed by atoms with Crippen LogP contribution in [0.5, 0.6) is 0 Å². The summed E-state index contributed by atoms with van der Waals surface area (Å²) in [5, 5.41) is 17.9. The summed E-state index contributed by atoms with van der Waals surface area (Å²) in [6.07, 6.45) is 0.185. The van der Waals surface area contributed by atoms with Gasteiger partial charge in [0, 0.05) is 13.6 Å². The maximum atomic E-state index is 11.6. The summed E-state index contributed by atoms with van der Waals surface area (Å²) in [5.41, 5.74) is -1.19. The summed E-state index contributed by atoms with van der Waals surface area (Å²) >= 11 is 0. The Balaban J connectivity index is 2.61. The average molecular weight is 201 g/mol. The van der Waals surface area contributed by atoms with Crippen molar-refractivity contribution in [1.82, 2.24) is 4.90 Å². The van der Waals surface area contributed by atoms with Gasteiger partial charge in [-0.2, -0.15) is 0 Å². The molecule has 1 aliphatic carbocycles. The van der Waals surface area contributed by atoms with Crippen molar-refractivity contribution in [2.45, 2.75) is 25.9 Å². The molecule has 2 N–H and O–H groups in total. The molecule has 0 aromatic heterocycles. The highest BCUT2D eigenvalue weighted by molar-refractivity contribution is 6.04. The molecule has 0 heterocycles. The topological polar surface area (TPSA) is 77.8 Å². The molecule has 1 saturated carbocycles. The Labute approximate surface area is 82.3 Å². The van der Waals surface area contributed by atoms with E-state index in [0.29, 0.717) is 12.8 Å². The lowest BCUT2D eigenvalue weighted by Gasteiger charge is -2.22. The molecule has 1 amide bonds. The number of amides is 1. The molecule has 0 radical (unpaired) electrons. The molecule has 0 bridgehead atoms. The van der Waals surface area contributed by atoms with E-state index in [9.17, 15) is 9.59 Å². The predicted octanol–water partition coefficient (Wildman–Crippen LogP) is -0.310. The molecule has 5 heteroatoms. The number of rotatable bonds is 4. The van der Waals surface area contributed by atoms with Crippen LogP contribution in [0.25, 0.3) is 0 Å². The minimum Gasteiger partial charge on any atom is -0.480 e. The van der Waals surface area contributed by atoms with Crippen LogP contribution in [0.2, 0.25) is 0 Å². The summed E-state index contributed by atoms with van der Waals surface area (Å²) in [4.78, 5) is 23.7. The molecule has 0 aliphatic heterocycles. The Morgan fingerprint density at radius 2 is 2.00 bits per heavy atom. The van der Waals surface area contributed by atoms with Gasteiger partial charge in [-0.1, -0.05) is 0 Å². The number of likely N-dealkylation sites (N-methyl/N-ethyl adjacent to an activating group) is 1. The Hall–Kier alpha value is -1.10. The molecule has 80 valence electrons. The zero-order valence-corrected chi connectivity index (χ0v) is 8.36. The second-order valence-electron chi connectivity index (χ2n) is 3.92. The average Bonchev–Trinajstić information content (AvgIpc) is 2.81. The SMILES string of the molecule is CC(O)CN(C)C(=O)C1(C(=O)O)CC1. The second-order valence-corrected chi connectivity index (χ2v) is 3.92. The number of hydrogen-bond donors (Lipinski definition) is 2. The fraction of sp³-hybridized carbons (Fsp3) is 0.778. The highest BCUT2D eigenvalue weighted by atomic mass is 16.4. The minimum absolute atomic E-state index is 0.174. The molecular weight excluding hydrogens is 186 g/mol. The van der Waals surface area contributed by atoms with Gasteiger partial charge in [-0.25, -0.2) is 0 Å². The number of carboxylic acids is 1. The van der Waals surface area contributed by atoms with Crippen molar-refractivity contribution < 1.29 is 19.8 Å². The summed E-state index contributed by atoms with van der Waals surface area (Å²) < 4.78 is 0. The number of carboxylic acid groups (broad SMARTS) is 1. The van der Waals surface area contributed by atoms with E-state index in [2.05, 4.69) is 0 Å². The summed E-state index contributed by atoms with van der Waals surface area (Å²) in [7, 11) is 1.51. The molecule has 0 aromatic carbocycles. The van der Waals surface area contributed by atoms with Crippen molar-refractivity contribution in [3.8, 4) is 0 Å². The first-order valence-electron chi connectivity index (χ1n) is 4.57. The van der Waals surface area contributed by atoms with E-state index in [1.54, 1.807) is 6.92 Å². The lowest BCUT2D eigenvalue weighted by Crippen LogP contribution is -2.41. The van der Waals surface area contributed by atoms with Crippen molar-refractivity contribution in [2.75, 3.05) is 13.6 Å². The van der Waals surface area contributed by atoms with Crippen LogP contribution < -0.4 is 0 Å². The van der Waals surface area contributed by atoms with Gasteiger partial charge in [-0.05, 0) is 19.8 Å². The monoisotopic (exact) mass is 201 g/mol. The second kappa shape index (κ2) is 3.57. The van der Waals surface area contributed by atoms with Crippen LogP contribution in [0, 0.1) is 5.41 Å². The molecular formula is C9H15NO4. The predicted molar refractivity (Wildman–Crippen MR) is 48.6 cm³/mol. The van der Waals surface area contributed by atoms with E-state index >= 15 is 0 Å². The molecule has 1 fully saturated rings. The summed E-state index contributed by atoms with van der Waals surface area (Å²) in [6, 6.07) is 0. The number of aliphatic hydroxyl groups is 1. The van der Waals surface area contributed by atoms with Gasteiger partial charge in [0.1, 0.15) is 5.41 Å². The number of aliphatic carboxylic acids is 1. The molecule has 0 spiro atoms. The van der Waals surface area contributed by atoms with Crippen molar-refractivity contribution >= 4 is 11.9 Å². The van der Waals surface area contributed by atoms with Crippen LogP contribution >= 0.6 is 0 Å². The normalized spacial score (nSPS) is 19.9. The van der Waals surface area contributed by atoms with Crippen molar-refractivity contribution in [3.05, 3.63) is 0 Å². The molecule has 5 nitrogen and oxygen atoms in total. The number of carbonyl (C=O) groups is 2. The van der Waals surface area contributed by atoms with Crippen LogP contribution in [0.15, 0.2) is 0 Å². The van der Waals surface area contributed by atoms with Crippen molar-refractivity contribution in [3.63, 3.8) is 0 Å². The Bertz CT molecular complexity index is 258. The minimum atomic E-state index is -1.19. The molecule has 0 saturated heterocycles. The zero-order valence-electron chi connectivity index (χ0n) is 8.36. The quantitative estimate of drug-likeness (QED) is 0.612. The Morgan fingerprint density at radius 3 is 2.29 bits per heavy atom. The van der Waals surface area contributed by atoms with Crippen molar-refractivity contribution in [2.24, 2.45) is 5.41 Å². The van der Waals surface area contributed by atoms with Gasteiger partial charge >= 0.3 is 5.97 Å². The molecule has 1 rings (SSSR count). The Kier molecular flexibility index (Phi) is 2.80. The van der Waals surface area contributed by atoms with Gasteiger partial charge in [0.2, 0.25) is 5.91 Å². The lowest BCUT2D eigenvalue weighted by molar-refractivity contribution is -0.153. The van der Waals surface area contributed by atoms with Crippen LogP contribution in [0.3, 0.4) is 0 Å². The smallest absolute Gasteiger partial charge is 0.319 e. The number of hydrogen-bond acceptors (Lipinski definition) is 3. The van der Waals surface area contributed by atoms with E-state index in [4.69, 9.17) is 10.2 Å². The van der Waals surface area contributed by atoms with E-state index < -0.39 is 23.4 Å². The fourth-order valence-corrected chi connectivity index (χ4v) is 1.49. The first-order valence-corrected chi connectivity index (χ1v) is 4.57. The first kappa shape index (κ1) is 11.0. The molecule has 1 unspecified atom stereocenters. The third-order valence-corrected chi connectivity index (χ3v) is 2.45. The number of carbonyl (C=O) groups excluding carboxylic acids is 1. The van der Waals surface area contributed by atoms with E-state index in [1.807, 2.05) is 0 Å². The van der Waals surface area contributed by atoms with Gasteiger partial charge in [-0.3, -0.25) is 9.59 Å². The maximum Gasteiger partial charge on any atom is 0.319 e. The van der Waals surface area contributed by atoms with Crippen LogP contribution in [-0.2, 0) is 9.59 Å². The standard InChI is InChI=1S/C9H15NO4/c1-6(11)5-10(2)7(12)9(3-4-9)8(13)14/h6,11H,3-5H2,1-2H3,(H,13,14). The summed E-state index contributed by atoms with van der Waals surface area (Å²) in [6.45, 7) is 1.73. The first-order chi connectivity index (χ1) is 6.40. The molecule has 1 atom stereocenters. The van der Waals surface area contributed by atoms with Crippen LogP contribution in [-0.4, -0.2) is 46.7 Å². The van der Waals surface area contributed by atoms with Gasteiger partial charge in [-0.15, -0.1) is 0 Å². The highest BCUT2D eigenvalue weighted by Gasteiger charge is 2.58. The van der Waals surface area contributed by atoms with Gasteiger partial charge in [0.05, 0.1) is 6.10 Å². The zero-order chi connectivity index (χ0) is 10.9.